The first-order valence-corrected chi connectivity index (χ1v) is 8.86. The lowest BCUT2D eigenvalue weighted by atomic mass is 10.1. The summed E-state index contributed by atoms with van der Waals surface area (Å²) in [6.07, 6.45) is -1.03. The molecule has 3 aromatic carbocycles. The maximum atomic E-state index is 12.1. The predicted molar refractivity (Wildman–Crippen MR) is 110 cm³/mol. The third-order valence-corrected chi connectivity index (χ3v) is 3.95. The normalized spacial score (nSPS) is 11.2. The van der Waals surface area contributed by atoms with Gasteiger partial charge in [0.2, 0.25) is 0 Å². The number of nitrogens with one attached hydrogen (secondary N) is 3. The van der Waals surface area contributed by atoms with Gasteiger partial charge in [-0.25, -0.2) is 9.59 Å². The van der Waals surface area contributed by atoms with E-state index in [4.69, 9.17) is 4.74 Å². The van der Waals surface area contributed by atoms with E-state index in [1.807, 2.05) is 42.5 Å². The molecule has 0 saturated heterocycles. The Bertz CT molecular complexity index is 930. The highest BCUT2D eigenvalue weighted by atomic mass is 16.6. The Kier molecular flexibility index (Phi) is 6.25. The molecule has 0 fully saturated rings. The fraction of sp³-hybridized carbons (Fsp3) is 0.0909. The van der Waals surface area contributed by atoms with E-state index in [0.29, 0.717) is 17.1 Å². The molecule has 0 aromatic heterocycles. The Morgan fingerprint density at radius 2 is 1.25 bits per heavy atom. The number of amides is 3. The first-order chi connectivity index (χ1) is 13.6. The minimum absolute atomic E-state index is 0.348. The number of anilines is 3. The van der Waals surface area contributed by atoms with Crippen LogP contribution in [0.4, 0.5) is 26.7 Å². The molecule has 0 aliphatic heterocycles. The van der Waals surface area contributed by atoms with E-state index in [1.165, 1.54) is 0 Å². The summed E-state index contributed by atoms with van der Waals surface area (Å²) in [5.74, 6) is 0. The molecule has 28 heavy (non-hydrogen) atoms. The molecule has 3 amide bonds. The third kappa shape index (κ3) is 5.60. The molecule has 1 atom stereocenters. The van der Waals surface area contributed by atoms with Crippen molar-refractivity contribution in [2.75, 3.05) is 16.0 Å². The molecular formula is C22H21N3O3. The Labute approximate surface area is 163 Å². The lowest BCUT2D eigenvalue weighted by Gasteiger charge is -2.15. The highest BCUT2D eigenvalue weighted by molar-refractivity contribution is 5.99. The fourth-order valence-corrected chi connectivity index (χ4v) is 2.58. The Morgan fingerprint density at radius 3 is 1.89 bits per heavy atom. The number of carbonyl (C=O) groups excluding carboxylic acids is 2. The summed E-state index contributed by atoms with van der Waals surface area (Å²) >= 11 is 0. The van der Waals surface area contributed by atoms with Crippen molar-refractivity contribution >= 4 is 29.2 Å². The van der Waals surface area contributed by atoms with Gasteiger partial charge in [0.15, 0.2) is 0 Å². The quantitative estimate of drug-likeness (QED) is 0.540. The summed E-state index contributed by atoms with van der Waals surface area (Å²) in [4.78, 5) is 24.2. The van der Waals surface area contributed by atoms with E-state index in [9.17, 15) is 9.59 Å². The van der Waals surface area contributed by atoms with Crippen LogP contribution in [0.5, 0.6) is 0 Å². The number of urea groups is 1. The van der Waals surface area contributed by atoms with Gasteiger partial charge in [-0.1, -0.05) is 48.5 Å². The summed E-state index contributed by atoms with van der Waals surface area (Å²) in [6.45, 7) is 1.77. The summed E-state index contributed by atoms with van der Waals surface area (Å²) in [6, 6.07) is 25.1. The molecule has 0 bridgehead atoms. The van der Waals surface area contributed by atoms with Gasteiger partial charge in [-0.2, -0.15) is 0 Å². The van der Waals surface area contributed by atoms with Crippen LogP contribution in [-0.4, -0.2) is 12.1 Å². The molecule has 3 rings (SSSR count). The number of ether oxygens (including phenoxy) is 1. The average molecular weight is 375 g/mol. The number of hydrogen-bond donors (Lipinski definition) is 3. The molecule has 6 heteroatoms. The molecule has 0 radical (unpaired) electrons. The van der Waals surface area contributed by atoms with Crippen molar-refractivity contribution in [2.24, 2.45) is 0 Å². The van der Waals surface area contributed by atoms with Gasteiger partial charge in [0, 0.05) is 17.1 Å². The van der Waals surface area contributed by atoms with E-state index >= 15 is 0 Å². The molecule has 3 N–H and O–H groups in total. The minimum atomic E-state index is -0.543. The zero-order valence-corrected chi connectivity index (χ0v) is 15.4. The number of rotatable bonds is 5. The summed E-state index contributed by atoms with van der Waals surface area (Å²) in [7, 11) is 0. The van der Waals surface area contributed by atoms with Crippen LogP contribution in [0.2, 0.25) is 0 Å². The van der Waals surface area contributed by atoms with Gasteiger partial charge >= 0.3 is 12.1 Å². The smallest absolute Gasteiger partial charge is 0.412 e. The van der Waals surface area contributed by atoms with Crippen LogP contribution in [-0.2, 0) is 4.74 Å². The van der Waals surface area contributed by atoms with Crippen molar-refractivity contribution in [1.82, 2.24) is 0 Å². The summed E-state index contributed by atoms with van der Waals surface area (Å²) in [5.41, 5.74) is 2.73. The Hall–Kier alpha value is -3.80. The number of hydrogen-bond acceptors (Lipinski definition) is 3. The molecule has 6 nitrogen and oxygen atoms in total. The second-order valence-corrected chi connectivity index (χ2v) is 6.11. The minimum Gasteiger partial charge on any atom is -0.441 e. The van der Waals surface area contributed by atoms with Crippen molar-refractivity contribution in [3.05, 3.63) is 90.5 Å². The van der Waals surface area contributed by atoms with Gasteiger partial charge < -0.3 is 15.4 Å². The van der Waals surface area contributed by atoms with Crippen molar-refractivity contribution in [3.63, 3.8) is 0 Å². The predicted octanol–water partition coefficient (Wildman–Crippen LogP) is 5.64. The monoisotopic (exact) mass is 375 g/mol. The van der Waals surface area contributed by atoms with Crippen LogP contribution >= 0.6 is 0 Å². The topological polar surface area (TPSA) is 79.5 Å². The highest BCUT2D eigenvalue weighted by Gasteiger charge is 2.13. The zero-order chi connectivity index (χ0) is 19.8. The summed E-state index contributed by atoms with van der Waals surface area (Å²) < 4.78 is 5.42. The van der Waals surface area contributed by atoms with E-state index < -0.39 is 12.2 Å². The maximum absolute atomic E-state index is 12.1. The maximum Gasteiger partial charge on any atom is 0.412 e. The first-order valence-electron chi connectivity index (χ1n) is 8.86. The van der Waals surface area contributed by atoms with Crippen LogP contribution in [0.25, 0.3) is 0 Å². The van der Waals surface area contributed by atoms with E-state index in [-0.39, 0.29) is 6.03 Å². The van der Waals surface area contributed by atoms with Gasteiger partial charge in [0.05, 0.1) is 0 Å². The second kappa shape index (κ2) is 9.23. The van der Waals surface area contributed by atoms with E-state index in [2.05, 4.69) is 16.0 Å². The average Bonchev–Trinajstić information content (AvgIpc) is 2.69. The lowest BCUT2D eigenvalue weighted by molar-refractivity contribution is 0.121. The molecule has 0 aliphatic rings. The van der Waals surface area contributed by atoms with Crippen LogP contribution in [0.1, 0.15) is 18.6 Å². The van der Waals surface area contributed by atoms with Crippen LogP contribution in [0.15, 0.2) is 84.9 Å². The molecule has 0 saturated carbocycles. The van der Waals surface area contributed by atoms with E-state index in [1.54, 1.807) is 49.4 Å². The summed E-state index contributed by atoms with van der Waals surface area (Å²) in [5, 5.41) is 8.20. The Balaban J connectivity index is 1.57. The van der Waals surface area contributed by atoms with Gasteiger partial charge in [-0.15, -0.1) is 0 Å². The van der Waals surface area contributed by atoms with Crippen LogP contribution in [0.3, 0.4) is 0 Å². The molecule has 3 aromatic rings. The SMILES string of the molecule is C[C@H](OC(=O)Nc1ccccc1)c1cccc(NC(=O)Nc2ccccc2)c1. The second-order valence-electron chi connectivity index (χ2n) is 6.11. The van der Waals surface area contributed by atoms with Crippen molar-refractivity contribution in [1.29, 1.82) is 0 Å². The molecule has 0 heterocycles. The molecule has 142 valence electrons. The largest absolute Gasteiger partial charge is 0.441 e. The van der Waals surface area contributed by atoms with Crippen molar-refractivity contribution in [3.8, 4) is 0 Å². The first kappa shape index (κ1) is 19.0. The lowest BCUT2D eigenvalue weighted by Crippen LogP contribution is -2.19. The van der Waals surface area contributed by atoms with Crippen molar-refractivity contribution < 1.29 is 14.3 Å². The van der Waals surface area contributed by atoms with Gasteiger partial charge in [0.25, 0.3) is 0 Å². The molecular weight excluding hydrogens is 354 g/mol. The third-order valence-electron chi connectivity index (χ3n) is 3.95. The number of benzene rings is 3. The Morgan fingerprint density at radius 1 is 0.714 bits per heavy atom. The van der Waals surface area contributed by atoms with E-state index in [0.717, 1.165) is 5.56 Å². The highest BCUT2D eigenvalue weighted by Crippen LogP contribution is 2.21. The molecule has 0 spiro atoms. The van der Waals surface area contributed by atoms with Crippen LogP contribution in [0, 0.1) is 0 Å². The zero-order valence-electron chi connectivity index (χ0n) is 15.4. The fourth-order valence-electron chi connectivity index (χ4n) is 2.58. The molecule has 0 unspecified atom stereocenters. The van der Waals surface area contributed by atoms with Gasteiger partial charge in [-0.3, -0.25) is 5.32 Å². The van der Waals surface area contributed by atoms with Crippen LogP contribution < -0.4 is 16.0 Å². The standard InChI is InChI=1S/C22H21N3O3/c1-16(28-22(27)25-19-12-6-3-7-13-19)17-9-8-14-20(15-17)24-21(26)23-18-10-4-2-5-11-18/h2-16H,1H3,(H,25,27)(H2,23,24,26)/t16-/m0/s1. The van der Waals surface area contributed by atoms with Gasteiger partial charge in [-0.05, 0) is 48.9 Å². The number of carbonyl (C=O) groups is 2. The van der Waals surface area contributed by atoms with Crippen molar-refractivity contribution in [2.45, 2.75) is 13.0 Å². The number of para-hydroxylation sites is 2. The van der Waals surface area contributed by atoms with Gasteiger partial charge in [0.1, 0.15) is 6.10 Å². The molecule has 0 aliphatic carbocycles.